The zero-order valence-corrected chi connectivity index (χ0v) is 12.7. The lowest BCUT2D eigenvalue weighted by Gasteiger charge is -2.18. The predicted octanol–water partition coefficient (Wildman–Crippen LogP) is 5.46. The Kier molecular flexibility index (Phi) is 4.91. The van der Waals surface area contributed by atoms with Crippen molar-refractivity contribution in [1.29, 1.82) is 0 Å². The van der Waals surface area contributed by atoms with Crippen molar-refractivity contribution < 1.29 is 9.13 Å². The van der Waals surface area contributed by atoms with E-state index >= 15 is 0 Å². The van der Waals surface area contributed by atoms with Crippen LogP contribution in [0.2, 0.25) is 0 Å². The van der Waals surface area contributed by atoms with Gasteiger partial charge in [-0.3, -0.25) is 0 Å². The Labute approximate surface area is 121 Å². The van der Waals surface area contributed by atoms with Gasteiger partial charge in [-0.1, -0.05) is 25.7 Å². The smallest absolute Gasteiger partial charge is 0.141 e. The van der Waals surface area contributed by atoms with Gasteiger partial charge in [0.05, 0.1) is 17.0 Å². The fourth-order valence-corrected chi connectivity index (χ4v) is 3.41. The first-order valence-electron chi connectivity index (χ1n) is 6.28. The van der Waals surface area contributed by atoms with Crippen molar-refractivity contribution in [2.75, 3.05) is 7.11 Å². The van der Waals surface area contributed by atoms with Gasteiger partial charge in [0.25, 0.3) is 0 Å². The topological polar surface area (TPSA) is 9.23 Å². The standard InChI is InChI=1S/C14H17BrClFO/c1-18-14-8-13(17)11(15)7-10(14)12(16)6-9-4-2-3-5-9/h7-9,12H,2-6H2,1H3. The summed E-state index contributed by atoms with van der Waals surface area (Å²) in [6, 6.07) is 3.13. The summed E-state index contributed by atoms with van der Waals surface area (Å²) in [6.07, 6.45) is 6.06. The van der Waals surface area contributed by atoms with E-state index in [-0.39, 0.29) is 11.2 Å². The maximum Gasteiger partial charge on any atom is 0.141 e. The number of hydrogen-bond donors (Lipinski definition) is 0. The second kappa shape index (κ2) is 6.25. The molecular formula is C14H17BrClFO. The van der Waals surface area contributed by atoms with Crippen LogP contribution in [0.15, 0.2) is 16.6 Å². The molecule has 1 saturated carbocycles. The van der Waals surface area contributed by atoms with Crippen LogP contribution >= 0.6 is 27.5 Å². The molecule has 1 nitrogen and oxygen atoms in total. The van der Waals surface area contributed by atoms with Gasteiger partial charge in [-0.2, -0.15) is 0 Å². The monoisotopic (exact) mass is 334 g/mol. The summed E-state index contributed by atoms with van der Waals surface area (Å²) in [7, 11) is 1.55. The third-order valence-corrected chi connectivity index (χ3v) is 4.65. The molecule has 1 aliphatic rings. The Morgan fingerprint density at radius 1 is 1.44 bits per heavy atom. The minimum Gasteiger partial charge on any atom is -0.496 e. The van der Waals surface area contributed by atoms with Crippen LogP contribution in [-0.2, 0) is 0 Å². The number of halogens is 3. The maximum absolute atomic E-state index is 13.4. The highest BCUT2D eigenvalue weighted by molar-refractivity contribution is 9.10. The van der Waals surface area contributed by atoms with Gasteiger partial charge < -0.3 is 4.74 Å². The molecule has 0 aliphatic heterocycles. The minimum absolute atomic E-state index is 0.111. The second-order valence-electron chi connectivity index (χ2n) is 4.86. The summed E-state index contributed by atoms with van der Waals surface area (Å²) < 4.78 is 19.1. The van der Waals surface area contributed by atoms with Gasteiger partial charge in [-0.05, 0) is 34.3 Å². The molecule has 1 aromatic rings. The average Bonchev–Trinajstić information content (AvgIpc) is 2.84. The highest BCUT2D eigenvalue weighted by atomic mass is 79.9. The van der Waals surface area contributed by atoms with Crippen LogP contribution in [0.25, 0.3) is 0 Å². The van der Waals surface area contributed by atoms with Gasteiger partial charge in [-0.25, -0.2) is 4.39 Å². The van der Waals surface area contributed by atoms with E-state index in [2.05, 4.69) is 15.9 Å². The van der Waals surface area contributed by atoms with E-state index in [4.69, 9.17) is 16.3 Å². The summed E-state index contributed by atoms with van der Waals surface area (Å²) in [5.41, 5.74) is 0.874. The molecule has 1 atom stereocenters. The summed E-state index contributed by atoms with van der Waals surface area (Å²) in [5, 5.41) is -0.111. The van der Waals surface area contributed by atoms with E-state index in [1.807, 2.05) is 0 Å². The van der Waals surface area contributed by atoms with Crippen molar-refractivity contribution in [1.82, 2.24) is 0 Å². The van der Waals surface area contributed by atoms with Gasteiger partial charge in [0, 0.05) is 11.6 Å². The Morgan fingerprint density at radius 2 is 2.11 bits per heavy atom. The molecule has 0 saturated heterocycles. The van der Waals surface area contributed by atoms with Crippen molar-refractivity contribution >= 4 is 27.5 Å². The Morgan fingerprint density at radius 3 is 2.72 bits per heavy atom. The lowest BCUT2D eigenvalue weighted by molar-refractivity contribution is 0.400. The van der Waals surface area contributed by atoms with Gasteiger partial charge in [0.1, 0.15) is 11.6 Å². The molecule has 0 spiro atoms. The third kappa shape index (κ3) is 3.18. The fourth-order valence-electron chi connectivity index (χ4n) is 2.63. The van der Waals surface area contributed by atoms with E-state index < -0.39 is 0 Å². The first-order valence-corrected chi connectivity index (χ1v) is 7.51. The van der Waals surface area contributed by atoms with Crippen molar-refractivity contribution in [2.45, 2.75) is 37.5 Å². The molecule has 0 heterocycles. The zero-order chi connectivity index (χ0) is 13.1. The lowest BCUT2D eigenvalue weighted by Crippen LogP contribution is -2.02. The van der Waals surface area contributed by atoms with E-state index in [0.29, 0.717) is 16.1 Å². The normalized spacial score (nSPS) is 18.0. The van der Waals surface area contributed by atoms with E-state index in [0.717, 1.165) is 12.0 Å². The van der Waals surface area contributed by atoms with Gasteiger partial charge in [0.15, 0.2) is 0 Å². The Bertz CT molecular complexity index is 419. The summed E-state index contributed by atoms with van der Waals surface area (Å²) in [5.74, 6) is 0.912. The first kappa shape index (κ1) is 14.1. The largest absolute Gasteiger partial charge is 0.496 e. The van der Waals surface area contributed by atoms with Crippen molar-refractivity contribution in [3.63, 3.8) is 0 Å². The summed E-state index contributed by atoms with van der Waals surface area (Å²) in [6.45, 7) is 0. The molecule has 1 fully saturated rings. The van der Waals surface area contributed by atoms with Crippen LogP contribution in [0.4, 0.5) is 4.39 Å². The van der Waals surface area contributed by atoms with Gasteiger partial charge >= 0.3 is 0 Å². The quantitative estimate of drug-likeness (QED) is 0.664. The van der Waals surface area contributed by atoms with Crippen molar-refractivity contribution in [2.24, 2.45) is 5.92 Å². The zero-order valence-electron chi connectivity index (χ0n) is 10.4. The second-order valence-corrected chi connectivity index (χ2v) is 6.24. The van der Waals surface area contributed by atoms with Crippen molar-refractivity contribution in [3.05, 3.63) is 28.0 Å². The van der Waals surface area contributed by atoms with Crippen LogP contribution in [-0.4, -0.2) is 7.11 Å². The van der Waals surface area contributed by atoms with E-state index in [1.165, 1.54) is 31.7 Å². The molecule has 2 rings (SSSR count). The number of methoxy groups -OCH3 is 1. The van der Waals surface area contributed by atoms with Crippen LogP contribution in [0, 0.1) is 11.7 Å². The van der Waals surface area contributed by atoms with Gasteiger partial charge in [-0.15, -0.1) is 11.6 Å². The van der Waals surface area contributed by atoms with Crippen LogP contribution < -0.4 is 4.74 Å². The molecule has 1 unspecified atom stereocenters. The van der Waals surface area contributed by atoms with E-state index in [1.54, 1.807) is 13.2 Å². The van der Waals surface area contributed by atoms with Crippen LogP contribution in [0.3, 0.4) is 0 Å². The molecule has 18 heavy (non-hydrogen) atoms. The SMILES string of the molecule is COc1cc(F)c(Br)cc1C(Cl)CC1CCCC1. The minimum atomic E-state index is -0.319. The van der Waals surface area contributed by atoms with Crippen LogP contribution in [0.5, 0.6) is 5.75 Å². The summed E-state index contributed by atoms with van der Waals surface area (Å²) >= 11 is 9.67. The number of hydrogen-bond acceptors (Lipinski definition) is 1. The molecule has 0 aromatic heterocycles. The number of ether oxygens (including phenoxy) is 1. The molecule has 0 N–H and O–H groups in total. The molecule has 0 bridgehead atoms. The molecular weight excluding hydrogens is 319 g/mol. The lowest BCUT2D eigenvalue weighted by atomic mass is 9.97. The number of rotatable bonds is 4. The van der Waals surface area contributed by atoms with Crippen molar-refractivity contribution in [3.8, 4) is 5.75 Å². The average molecular weight is 336 g/mol. The predicted molar refractivity (Wildman–Crippen MR) is 75.8 cm³/mol. The van der Waals surface area contributed by atoms with E-state index in [9.17, 15) is 4.39 Å². The highest BCUT2D eigenvalue weighted by Gasteiger charge is 2.23. The summed E-state index contributed by atoms with van der Waals surface area (Å²) in [4.78, 5) is 0. The molecule has 4 heteroatoms. The highest BCUT2D eigenvalue weighted by Crippen LogP contribution is 2.40. The Hall–Kier alpha value is -0.280. The molecule has 0 amide bonds. The Balaban J connectivity index is 2.17. The molecule has 100 valence electrons. The number of alkyl halides is 1. The molecule has 1 aromatic carbocycles. The number of benzene rings is 1. The molecule has 1 aliphatic carbocycles. The first-order chi connectivity index (χ1) is 8.61. The fraction of sp³-hybridized carbons (Fsp3) is 0.571. The van der Waals surface area contributed by atoms with Crippen LogP contribution in [0.1, 0.15) is 43.0 Å². The maximum atomic E-state index is 13.4. The molecule has 0 radical (unpaired) electrons. The van der Waals surface area contributed by atoms with Gasteiger partial charge in [0.2, 0.25) is 0 Å². The third-order valence-electron chi connectivity index (χ3n) is 3.63.